The van der Waals surface area contributed by atoms with Crippen molar-refractivity contribution in [1.82, 2.24) is 0 Å². The number of nitrogens with zero attached hydrogens (tertiary/aromatic N) is 6. The first-order chi connectivity index (χ1) is 6.70. The minimum absolute atomic E-state index is 0.301. The fourth-order valence-electron chi connectivity index (χ4n) is 0.845. The Morgan fingerprint density at radius 3 is 1.57 bits per heavy atom. The van der Waals surface area contributed by atoms with Crippen LogP contribution in [0.4, 0.5) is 11.4 Å². The van der Waals surface area contributed by atoms with E-state index in [1.165, 1.54) is 0 Å². The molecule has 0 heterocycles. The summed E-state index contributed by atoms with van der Waals surface area (Å²) < 4.78 is 0. The van der Waals surface area contributed by atoms with Crippen LogP contribution in [0, 0.1) is 0 Å². The molecule has 1 rings (SSSR count). The summed E-state index contributed by atoms with van der Waals surface area (Å²) in [5, 5.41) is 24.6. The molecule has 0 amide bonds. The molecule has 8 nitrogen and oxygen atoms in total. The van der Waals surface area contributed by atoms with Crippen molar-refractivity contribution in [1.29, 1.82) is 0 Å². The lowest BCUT2D eigenvalue weighted by atomic mass is 10.2. The van der Waals surface area contributed by atoms with E-state index < -0.39 is 0 Å². The minimum Gasteiger partial charge on any atom is -0.507 e. The van der Waals surface area contributed by atoms with E-state index in [-0.39, 0.29) is 22.9 Å². The molecule has 0 aliphatic heterocycles. The smallest absolute Gasteiger partial charge is 0.125 e. The molecule has 0 bridgehead atoms. The molecule has 2 N–H and O–H groups in total. The Bertz CT molecular complexity index is 415. The molecular weight excluding hydrogens is 188 g/mol. The summed E-state index contributed by atoms with van der Waals surface area (Å²) in [5.41, 5.74) is 15.7. The molecule has 8 heteroatoms. The summed E-state index contributed by atoms with van der Waals surface area (Å²) in [6.45, 7) is 0. The van der Waals surface area contributed by atoms with Gasteiger partial charge in [0.15, 0.2) is 0 Å². The van der Waals surface area contributed by atoms with Crippen LogP contribution in [0.2, 0.25) is 0 Å². The van der Waals surface area contributed by atoms with Crippen LogP contribution in [0.5, 0.6) is 11.5 Å². The largest absolute Gasteiger partial charge is 0.507 e. The zero-order valence-corrected chi connectivity index (χ0v) is 6.73. The van der Waals surface area contributed by atoms with Crippen molar-refractivity contribution in [2.75, 3.05) is 0 Å². The monoisotopic (exact) mass is 192 g/mol. The number of hydrogen-bond donors (Lipinski definition) is 2. The van der Waals surface area contributed by atoms with Crippen LogP contribution < -0.4 is 0 Å². The molecule has 0 spiro atoms. The van der Waals surface area contributed by atoms with Crippen molar-refractivity contribution in [3.05, 3.63) is 33.0 Å². The van der Waals surface area contributed by atoms with Gasteiger partial charge in [-0.05, 0) is 23.2 Å². The molecule has 0 aliphatic rings. The first-order valence-electron chi connectivity index (χ1n) is 3.36. The van der Waals surface area contributed by atoms with Gasteiger partial charge in [0.1, 0.15) is 11.5 Å². The number of benzene rings is 1. The van der Waals surface area contributed by atoms with Crippen molar-refractivity contribution in [3.63, 3.8) is 0 Å². The first-order valence-corrected chi connectivity index (χ1v) is 3.36. The van der Waals surface area contributed by atoms with Gasteiger partial charge < -0.3 is 10.2 Å². The van der Waals surface area contributed by atoms with Gasteiger partial charge in [-0.15, -0.1) is 0 Å². The molecular formula is C6H4N6O2. The second kappa shape index (κ2) is 3.90. The maximum absolute atomic E-state index is 9.21. The summed E-state index contributed by atoms with van der Waals surface area (Å²) in [6.07, 6.45) is 0. The van der Waals surface area contributed by atoms with Crippen molar-refractivity contribution >= 4 is 11.4 Å². The van der Waals surface area contributed by atoms with E-state index in [2.05, 4.69) is 20.1 Å². The topological polar surface area (TPSA) is 138 Å². The highest BCUT2D eigenvalue weighted by molar-refractivity contribution is 5.74. The Balaban J connectivity index is 3.56. The van der Waals surface area contributed by atoms with Crippen LogP contribution in [0.25, 0.3) is 20.9 Å². The van der Waals surface area contributed by atoms with Crippen molar-refractivity contribution < 1.29 is 10.2 Å². The highest BCUT2D eigenvalue weighted by Crippen LogP contribution is 2.43. The molecule has 1 aromatic rings. The van der Waals surface area contributed by atoms with Crippen molar-refractivity contribution in [2.24, 2.45) is 10.2 Å². The fraction of sp³-hybridized carbons (Fsp3) is 0. The predicted molar refractivity (Wildman–Crippen MR) is 47.4 cm³/mol. The third-order valence-corrected chi connectivity index (χ3v) is 1.40. The maximum atomic E-state index is 9.21. The van der Waals surface area contributed by atoms with Gasteiger partial charge in [-0.25, -0.2) is 0 Å². The predicted octanol–water partition coefficient (Wildman–Crippen LogP) is 2.98. The molecule has 0 unspecified atom stereocenters. The molecule has 0 fully saturated rings. The summed E-state index contributed by atoms with van der Waals surface area (Å²) >= 11 is 0. The Labute approximate surface area is 77.3 Å². The molecule has 1 aromatic carbocycles. The average molecular weight is 192 g/mol. The molecule has 70 valence electrons. The highest BCUT2D eigenvalue weighted by Gasteiger charge is 2.09. The normalized spacial score (nSPS) is 8.57. The number of phenolic OH excluding ortho intramolecular Hbond substituents is 2. The Kier molecular flexibility index (Phi) is 2.66. The molecule has 14 heavy (non-hydrogen) atoms. The number of rotatable bonds is 2. The number of phenols is 2. The van der Waals surface area contributed by atoms with Crippen LogP contribution in [0.15, 0.2) is 22.4 Å². The standard InChI is InChI=1S/C6H4N6O2/c7-11-9-5-3(13)1-2-4(14)6(5)10-12-8/h1-2,13-14H. The van der Waals surface area contributed by atoms with E-state index in [0.717, 1.165) is 12.1 Å². The third-order valence-electron chi connectivity index (χ3n) is 1.40. The Morgan fingerprint density at radius 2 is 1.29 bits per heavy atom. The van der Waals surface area contributed by atoms with Crippen LogP contribution in [-0.2, 0) is 0 Å². The maximum Gasteiger partial charge on any atom is 0.125 e. The lowest BCUT2D eigenvalue weighted by Gasteiger charge is -2.03. The van der Waals surface area contributed by atoms with Crippen LogP contribution in [-0.4, -0.2) is 10.2 Å². The van der Waals surface area contributed by atoms with Gasteiger partial charge in [0.2, 0.25) is 0 Å². The van der Waals surface area contributed by atoms with Gasteiger partial charge in [0.05, 0.1) is 11.4 Å². The Morgan fingerprint density at radius 1 is 0.929 bits per heavy atom. The van der Waals surface area contributed by atoms with Crippen molar-refractivity contribution in [3.8, 4) is 11.5 Å². The van der Waals surface area contributed by atoms with Crippen molar-refractivity contribution in [2.45, 2.75) is 0 Å². The van der Waals surface area contributed by atoms with Crippen LogP contribution >= 0.6 is 0 Å². The molecule has 0 aliphatic carbocycles. The molecule has 0 radical (unpaired) electrons. The van der Waals surface area contributed by atoms with E-state index in [0.29, 0.717) is 0 Å². The quantitative estimate of drug-likeness (QED) is 0.322. The zero-order valence-electron chi connectivity index (χ0n) is 6.73. The minimum atomic E-state index is -0.372. The summed E-state index contributed by atoms with van der Waals surface area (Å²) in [6, 6.07) is 2.24. The van der Waals surface area contributed by atoms with Gasteiger partial charge >= 0.3 is 0 Å². The SMILES string of the molecule is [N-]=[N+]=Nc1c(O)ccc(O)c1N=[N+]=[N-]. The molecule has 0 saturated heterocycles. The molecule has 0 aromatic heterocycles. The highest BCUT2D eigenvalue weighted by atomic mass is 16.3. The number of aromatic hydroxyl groups is 2. The van der Waals surface area contributed by atoms with Crippen LogP contribution in [0.3, 0.4) is 0 Å². The summed E-state index contributed by atoms with van der Waals surface area (Å²) in [7, 11) is 0. The van der Waals surface area contributed by atoms with Crippen LogP contribution in [0.1, 0.15) is 0 Å². The van der Waals surface area contributed by atoms with Gasteiger partial charge in [0.25, 0.3) is 0 Å². The van der Waals surface area contributed by atoms with E-state index in [4.69, 9.17) is 11.1 Å². The van der Waals surface area contributed by atoms with Gasteiger partial charge in [-0.1, -0.05) is 10.2 Å². The van der Waals surface area contributed by atoms with E-state index in [1.807, 2.05) is 0 Å². The van der Waals surface area contributed by atoms with Gasteiger partial charge in [-0.2, -0.15) is 0 Å². The lowest BCUT2D eigenvalue weighted by Crippen LogP contribution is -1.71. The van der Waals surface area contributed by atoms with E-state index in [9.17, 15) is 10.2 Å². The lowest BCUT2D eigenvalue weighted by molar-refractivity contribution is 0.462. The zero-order chi connectivity index (χ0) is 10.6. The summed E-state index contributed by atoms with van der Waals surface area (Å²) in [5.74, 6) is -0.744. The van der Waals surface area contributed by atoms with Gasteiger partial charge in [0, 0.05) is 9.82 Å². The second-order valence-electron chi connectivity index (χ2n) is 2.18. The van der Waals surface area contributed by atoms with Gasteiger partial charge in [-0.3, -0.25) is 0 Å². The van der Waals surface area contributed by atoms with E-state index in [1.54, 1.807) is 0 Å². The van der Waals surface area contributed by atoms with E-state index >= 15 is 0 Å². The molecule has 0 atom stereocenters. The number of hydrogen-bond acceptors (Lipinski definition) is 4. The summed E-state index contributed by atoms with van der Waals surface area (Å²) in [4.78, 5) is 4.84. The second-order valence-corrected chi connectivity index (χ2v) is 2.18. The Hall–Kier alpha value is -2.56. The third kappa shape index (κ3) is 1.61. The fourth-order valence-corrected chi connectivity index (χ4v) is 0.845. The number of azide groups is 2. The first kappa shape index (κ1) is 9.53. The average Bonchev–Trinajstić information content (AvgIpc) is 2.17. The molecule has 0 saturated carbocycles.